The Bertz CT molecular complexity index is 1320. The van der Waals surface area contributed by atoms with Crippen LogP contribution >= 0.6 is 11.6 Å². The smallest absolute Gasteiger partial charge is 0.270 e. The summed E-state index contributed by atoms with van der Waals surface area (Å²) in [7, 11) is 0. The van der Waals surface area contributed by atoms with Crippen molar-refractivity contribution in [2.45, 2.75) is 0 Å². The number of non-ortho nitro benzene ring substituents is 1. The van der Waals surface area contributed by atoms with Gasteiger partial charge in [-0.05, 0) is 46.7 Å². The highest BCUT2D eigenvalue weighted by atomic mass is 35.5. The molecule has 0 unspecified atom stereocenters. The highest BCUT2D eigenvalue weighted by Gasteiger charge is 2.13. The van der Waals surface area contributed by atoms with E-state index in [1.54, 1.807) is 24.3 Å². The summed E-state index contributed by atoms with van der Waals surface area (Å²) in [5, 5.41) is 22.8. The van der Waals surface area contributed by atoms with E-state index in [9.17, 15) is 15.4 Å². The molecule has 0 saturated carbocycles. The van der Waals surface area contributed by atoms with E-state index in [1.165, 1.54) is 12.1 Å². The number of fused-ring (bicyclic) bond motifs is 1. The molecule has 0 aliphatic rings. The molecule has 0 bridgehead atoms. The van der Waals surface area contributed by atoms with Crippen LogP contribution in [0, 0.1) is 21.4 Å². The van der Waals surface area contributed by atoms with Crippen LogP contribution in [0.3, 0.4) is 0 Å². The summed E-state index contributed by atoms with van der Waals surface area (Å²) in [6.07, 6.45) is 1.66. The Balaban J connectivity index is 1.68. The molecule has 0 N–H and O–H groups in total. The molecular weight excluding hydrogens is 388 g/mol. The Hall–Kier alpha value is -3.88. The highest BCUT2D eigenvalue weighted by molar-refractivity contribution is 6.33. The molecule has 5 nitrogen and oxygen atoms in total. The number of nitro groups is 1. The molecule has 0 amide bonds. The van der Waals surface area contributed by atoms with E-state index in [0.29, 0.717) is 22.7 Å². The van der Waals surface area contributed by atoms with Gasteiger partial charge in [0, 0.05) is 17.7 Å². The molecule has 0 aliphatic carbocycles. The van der Waals surface area contributed by atoms with Crippen LogP contribution in [0.2, 0.25) is 5.02 Å². The van der Waals surface area contributed by atoms with E-state index in [-0.39, 0.29) is 10.7 Å². The normalized spacial score (nSPS) is 11.4. The van der Waals surface area contributed by atoms with Crippen LogP contribution in [0.15, 0.2) is 77.2 Å². The van der Waals surface area contributed by atoms with Gasteiger partial charge in [-0.2, -0.15) is 5.26 Å². The second kappa shape index (κ2) is 7.63. The summed E-state index contributed by atoms with van der Waals surface area (Å²) in [6.45, 7) is 0. The van der Waals surface area contributed by atoms with Crippen molar-refractivity contribution >= 4 is 39.7 Å². The van der Waals surface area contributed by atoms with E-state index in [0.717, 1.165) is 16.3 Å². The first kappa shape index (κ1) is 18.5. The van der Waals surface area contributed by atoms with Gasteiger partial charge >= 0.3 is 0 Å². The fourth-order valence-corrected chi connectivity index (χ4v) is 3.34. The Morgan fingerprint density at radius 2 is 1.83 bits per heavy atom. The number of nitriles is 1. The topological polar surface area (TPSA) is 80.1 Å². The molecule has 1 heterocycles. The van der Waals surface area contributed by atoms with E-state index in [1.807, 2.05) is 42.5 Å². The third kappa shape index (κ3) is 3.75. The fourth-order valence-electron chi connectivity index (χ4n) is 3.07. The van der Waals surface area contributed by atoms with E-state index >= 15 is 0 Å². The quantitative estimate of drug-likeness (QED) is 0.216. The maximum Gasteiger partial charge on any atom is 0.270 e. The largest absolute Gasteiger partial charge is 0.457 e. The van der Waals surface area contributed by atoms with Gasteiger partial charge in [0.2, 0.25) is 0 Å². The van der Waals surface area contributed by atoms with Gasteiger partial charge in [0.05, 0.1) is 21.6 Å². The summed E-state index contributed by atoms with van der Waals surface area (Å²) < 4.78 is 5.81. The predicted molar refractivity (Wildman–Crippen MR) is 113 cm³/mol. The van der Waals surface area contributed by atoms with Gasteiger partial charge in [-0.15, -0.1) is 0 Å². The van der Waals surface area contributed by atoms with Crippen molar-refractivity contribution in [3.63, 3.8) is 0 Å². The molecule has 0 radical (unpaired) electrons. The van der Waals surface area contributed by atoms with Crippen molar-refractivity contribution in [2.24, 2.45) is 0 Å². The number of nitrogens with zero attached hydrogens (tertiary/aromatic N) is 2. The molecule has 0 fully saturated rings. The minimum absolute atomic E-state index is 0.0894. The standard InChI is InChI=1S/C23H13ClN2O3/c24-22-13-19(26(27)28)7-9-21(22)23-10-8-20(29-23)12-18(14-25)17-6-5-15-3-1-2-4-16(15)11-17/h1-13H. The van der Waals surface area contributed by atoms with E-state index in [2.05, 4.69) is 6.07 Å². The first-order chi connectivity index (χ1) is 14.0. The minimum atomic E-state index is -0.505. The lowest BCUT2D eigenvalue weighted by Crippen LogP contribution is -1.88. The maximum absolute atomic E-state index is 10.9. The van der Waals surface area contributed by atoms with Crippen LogP contribution in [0.1, 0.15) is 11.3 Å². The molecule has 4 aromatic rings. The number of hydrogen-bond acceptors (Lipinski definition) is 4. The van der Waals surface area contributed by atoms with Gasteiger partial charge < -0.3 is 4.42 Å². The van der Waals surface area contributed by atoms with Gasteiger partial charge in [0.1, 0.15) is 11.5 Å². The first-order valence-electron chi connectivity index (χ1n) is 8.70. The average Bonchev–Trinajstić information content (AvgIpc) is 3.19. The Labute approximate surface area is 171 Å². The van der Waals surface area contributed by atoms with Gasteiger partial charge in [0.15, 0.2) is 0 Å². The van der Waals surface area contributed by atoms with Crippen molar-refractivity contribution in [1.82, 2.24) is 0 Å². The van der Waals surface area contributed by atoms with Crippen LogP contribution < -0.4 is 0 Å². The second-order valence-corrected chi connectivity index (χ2v) is 6.76. The van der Waals surface area contributed by atoms with Crippen LogP contribution in [0.5, 0.6) is 0 Å². The van der Waals surface area contributed by atoms with Crippen molar-refractivity contribution in [1.29, 1.82) is 5.26 Å². The predicted octanol–water partition coefficient (Wildman–Crippen LogP) is 6.73. The third-order valence-corrected chi connectivity index (χ3v) is 4.84. The molecule has 3 aromatic carbocycles. The Kier molecular flexibility index (Phi) is 4.86. The summed E-state index contributed by atoms with van der Waals surface area (Å²) in [5.41, 5.74) is 1.71. The lowest BCUT2D eigenvalue weighted by Gasteiger charge is -2.02. The zero-order valence-electron chi connectivity index (χ0n) is 15.0. The molecule has 0 spiro atoms. The molecule has 6 heteroatoms. The zero-order chi connectivity index (χ0) is 20.4. The van der Waals surface area contributed by atoms with Crippen molar-refractivity contribution in [2.75, 3.05) is 0 Å². The molecular formula is C23H13ClN2O3. The first-order valence-corrected chi connectivity index (χ1v) is 9.08. The van der Waals surface area contributed by atoms with Crippen molar-refractivity contribution in [3.8, 4) is 17.4 Å². The third-order valence-electron chi connectivity index (χ3n) is 4.52. The molecule has 0 aliphatic heterocycles. The molecule has 140 valence electrons. The Morgan fingerprint density at radius 3 is 2.55 bits per heavy atom. The van der Waals surface area contributed by atoms with E-state index < -0.39 is 4.92 Å². The lowest BCUT2D eigenvalue weighted by atomic mass is 10.0. The number of furan rings is 1. The van der Waals surface area contributed by atoms with Gasteiger partial charge in [0.25, 0.3) is 5.69 Å². The zero-order valence-corrected chi connectivity index (χ0v) is 15.8. The molecule has 1 aromatic heterocycles. The van der Waals surface area contributed by atoms with Crippen LogP contribution in [0.4, 0.5) is 5.69 Å². The maximum atomic E-state index is 10.9. The molecule has 0 atom stereocenters. The number of halogens is 1. The minimum Gasteiger partial charge on any atom is -0.457 e. The number of allylic oxidation sites excluding steroid dienone is 1. The van der Waals surface area contributed by atoms with Crippen LogP contribution in [-0.2, 0) is 0 Å². The number of rotatable bonds is 4. The second-order valence-electron chi connectivity index (χ2n) is 6.36. The highest BCUT2D eigenvalue weighted by Crippen LogP contribution is 2.33. The summed E-state index contributed by atoms with van der Waals surface area (Å²) in [4.78, 5) is 10.4. The van der Waals surface area contributed by atoms with Crippen LogP contribution in [-0.4, -0.2) is 4.92 Å². The van der Waals surface area contributed by atoms with Gasteiger partial charge in [-0.3, -0.25) is 10.1 Å². The summed E-state index contributed by atoms with van der Waals surface area (Å²) in [6, 6.07) is 23.6. The van der Waals surface area contributed by atoms with E-state index in [4.69, 9.17) is 16.0 Å². The summed E-state index contributed by atoms with van der Waals surface area (Å²) >= 11 is 6.17. The van der Waals surface area contributed by atoms with Crippen molar-refractivity contribution in [3.05, 3.63) is 99.3 Å². The molecule has 4 rings (SSSR count). The van der Waals surface area contributed by atoms with Gasteiger partial charge in [-0.25, -0.2) is 0 Å². The SMILES string of the molecule is N#CC(=Cc1ccc(-c2ccc([N+](=O)[O-])cc2Cl)o1)c1ccc2ccccc2c1. The van der Waals surface area contributed by atoms with Crippen LogP contribution in [0.25, 0.3) is 33.7 Å². The average molecular weight is 401 g/mol. The lowest BCUT2D eigenvalue weighted by molar-refractivity contribution is -0.384. The monoisotopic (exact) mass is 400 g/mol. The number of benzene rings is 3. The fraction of sp³-hybridized carbons (Fsp3) is 0. The molecule has 29 heavy (non-hydrogen) atoms. The summed E-state index contributed by atoms with van der Waals surface area (Å²) in [5.74, 6) is 0.950. The Morgan fingerprint density at radius 1 is 1.03 bits per heavy atom. The van der Waals surface area contributed by atoms with Gasteiger partial charge in [-0.1, -0.05) is 48.0 Å². The molecule has 0 saturated heterocycles. The number of nitro benzene ring substituents is 1. The van der Waals surface area contributed by atoms with Crippen molar-refractivity contribution < 1.29 is 9.34 Å². The number of hydrogen-bond donors (Lipinski definition) is 0.